The lowest BCUT2D eigenvalue weighted by atomic mass is 9.75. The van der Waals surface area contributed by atoms with Crippen molar-refractivity contribution in [3.05, 3.63) is 0 Å². The van der Waals surface area contributed by atoms with Crippen molar-refractivity contribution in [1.82, 2.24) is 10.2 Å². The molecule has 1 saturated heterocycles. The van der Waals surface area contributed by atoms with Gasteiger partial charge in [0, 0.05) is 36.7 Å². The molecule has 0 spiro atoms. The molecule has 0 aromatic rings. The van der Waals surface area contributed by atoms with Gasteiger partial charge < -0.3 is 10.2 Å². The fraction of sp³-hybridized carbons (Fsp3) is 1.00. The van der Waals surface area contributed by atoms with Crippen LogP contribution in [0, 0.1) is 5.41 Å². The number of hydrogen-bond acceptors (Lipinski definition) is 3. The highest BCUT2D eigenvalue weighted by atomic mass is 32.2. The van der Waals surface area contributed by atoms with Gasteiger partial charge >= 0.3 is 0 Å². The number of hydrogen-bond donors (Lipinski definition) is 1. The van der Waals surface area contributed by atoms with Crippen LogP contribution < -0.4 is 5.32 Å². The second kappa shape index (κ2) is 5.94. The third-order valence-electron chi connectivity index (χ3n) is 4.44. The molecular formula is C14H28N2S. The minimum Gasteiger partial charge on any atom is -0.311 e. The molecule has 2 rings (SSSR count). The van der Waals surface area contributed by atoms with Crippen LogP contribution in [0.15, 0.2) is 0 Å². The summed E-state index contributed by atoms with van der Waals surface area (Å²) in [6.45, 7) is 7.27. The summed E-state index contributed by atoms with van der Waals surface area (Å²) in [7, 11) is 2.32. The van der Waals surface area contributed by atoms with Gasteiger partial charge in [0.1, 0.15) is 0 Å². The molecule has 1 N–H and O–H groups in total. The summed E-state index contributed by atoms with van der Waals surface area (Å²) < 4.78 is 0. The zero-order valence-electron chi connectivity index (χ0n) is 11.7. The van der Waals surface area contributed by atoms with Crippen LogP contribution in [-0.2, 0) is 0 Å². The van der Waals surface area contributed by atoms with E-state index >= 15 is 0 Å². The maximum absolute atomic E-state index is 3.64. The van der Waals surface area contributed by atoms with Crippen LogP contribution in [0.25, 0.3) is 0 Å². The maximum atomic E-state index is 3.64. The van der Waals surface area contributed by atoms with Gasteiger partial charge in [-0.3, -0.25) is 0 Å². The summed E-state index contributed by atoms with van der Waals surface area (Å²) in [5, 5.41) is 3.64. The number of nitrogens with one attached hydrogen (secondary N) is 1. The predicted octanol–water partition coefficient (Wildman–Crippen LogP) is 2.59. The summed E-state index contributed by atoms with van der Waals surface area (Å²) in [4.78, 5) is 2.61. The molecular weight excluding hydrogens is 228 g/mol. The standard InChI is InChI=1S/C14H28N2S/c1-14(2)6-4-13(5-7-14)16(3)10-12-11-17-9-8-15-12/h12-13,15H,4-11H2,1-3H3. The SMILES string of the molecule is CN(CC1CSCCN1)C1CCC(C)(C)CC1. The van der Waals surface area contributed by atoms with Crippen molar-refractivity contribution in [3.63, 3.8) is 0 Å². The lowest BCUT2D eigenvalue weighted by molar-refractivity contribution is 0.121. The lowest BCUT2D eigenvalue weighted by Gasteiger charge is -2.40. The van der Waals surface area contributed by atoms with Gasteiger partial charge in [-0.2, -0.15) is 11.8 Å². The molecule has 0 amide bonds. The second-order valence-electron chi connectivity index (χ2n) is 6.56. The largest absolute Gasteiger partial charge is 0.311 e. The van der Waals surface area contributed by atoms with Crippen LogP contribution >= 0.6 is 11.8 Å². The predicted molar refractivity (Wildman–Crippen MR) is 77.8 cm³/mol. The first-order valence-corrected chi connectivity index (χ1v) is 8.24. The summed E-state index contributed by atoms with van der Waals surface area (Å²) in [6, 6.07) is 1.55. The van der Waals surface area contributed by atoms with Crippen molar-refractivity contribution in [1.29, 1.82) is 0 Å². The van der Waals surface area contributed by atoms with E-state index in [1.807, 2.05) is 0 Å². The smallest absolute Gasteiger partial charge is 0.0285 e. The Balaban J connectivity index is 1.74. The molecule has 2 aliphatic rings. The molecule has 1 aliphatic heterocycles. The van der Waals surface area contributed by atoms with Crippen molar-refractivity contribution in [3.8, 4) is 0 Å². The third kappa shape index (κ3) is 4.15. The summed E-state index contributed by atoms with van der Waals surface area (Å²) in [5.74, 6) is 2.58. The van der Waals surface area contributed by atoms with Gasteiger partial charge in [-0.15, -0.1) is 0 Å². The summed E-state index contributed by atoms with van der Waals surface area (Å²) in [5.41, 5.74) is 0.594. The molecule has 1 saturated carbocycles. The summed E-state index contributed by atoms with van der Waals surface area (Å²) >= 11 is 2.10. The fourth-order valence-corrected chi connectivity index (χ4v) is 4.00. The molecule has 1 atom stereocenters. The Morgan fingerprint density at radius 2 is 2.00 bits per heavy atom. The lowest BCUT2D eigenvalue weighted by Crippen LogP contribution is -2.48. The fourth-order valence-electron chi connectivity index (χ4n) is 3.06. The van der Waals surface area contributed by atoms with Gasteiger partial charge in [-0.25, -0.2) is 0 Å². The average molecular weight is 256 g/mol. The molecule has 0 radical (unpaired) electrons. The zero-order valence-corrected chi connectivity index (χ0v) is 12.5. The summed E-state index contributed by atoms with van der Waals surface area (Å²) in [6.07, 6.45) is 5.58. The van der Waals surface area contributed by atoms with Crippen molar-refractivity contribution in [2.75, 3.05) is 31.6 Å². The molecule has 1 heterocycles. The highest BCUT2D eigenvalue weighted by Gasteiger charge is 2.29. The van der Waals surface area contributed by atoms with E-state index in [1.54, 1.807) is 0 Å². The van der Waals surface area contributed by atoms with Crippen LogP contribution in [0.3, 0.4) is 0 Å². The van der Waals surface area contributed by atoms with E-state index in [0.29, 0.717) is 11.5 Å². The Bertz CT molecular complexity index is 226. The molecule has 3 heteroatoms. The van der Waals surface area contributed by atoms with Crippen LogP contribution in [-0.4, -0.2) is 48.6 Å². The van der Waals surface area contributed by atoms with Gasteiger partial charge in [0.2, 0.25) is 0 Å². The number of rotatable bonds is 3. The molecule has 0 aromatic carbocycles. The van der Waals surface area contributed by atoms with E-state index in [0.717, 1.165) is 6.04 Å². The average Bonchev–Trinajstić information content (AvgIpc) is 2.30. The van der Waals surface area contributed by atoms with Gasteiger partial charge in [-0.1, -0.05) is 13.8 Å². The van der Waals surface area contributed by atoms with E-state index < -0.39 is 0 Å². The molecule has 100 valence electrons. The third-order valence-corrected chi connectivity index (χ3v) is 5.57. The van der Waals surface area contributed by atoms with Crippen LogP contribution in [0.5, 0.6) is 0 Å². The zero-order chi connectivity index (χ0) is 12.3. The normalized spacial score (nSPS) is 30.7. The van der Waals surface area contributed by atoms with Crippen LogP contribution in [0.2, 0.25) is 0 Å². The molecule has 1 unspecified atom stereocenters. The van der Waals surface area contributed by atoms with Crippen molar-refractivity contribution in [2.45, 2.75) is 51.6 Å². The van der Waals surface area contributed by atoms with E-state index in [9.17, 15) is 0 Å². The van der Waals surface area contributed by atoms with E-state index in [4.69, 9.17) is 0 Å². The Morgan fingerprint density at radius 1 is 1.29 bits per heavy atom. The Kier molecular flexibility index (Phi) is 4.79. The van der Waals surface area contributed by atoms with Gasteiger partial charge in [0.05, 0.1) is 0 Å². The molecule has 2 fully saturated rings. The van der Waals surface area contributed by atoms with Gasteiger partial charge in [0.15, 0.2) is 0 Å². The number of thioether (sulfide) groups is 1. The topological polar surface area (TPSA) is 15.3 Å². The highest BCUT2D eigenvalue weighted by Crippen LogP contribution is 2.36. The van der Waals surface area contributed by atoms with E-state index in [1.165, 1.54) is 50.3 Å². The van der Waals surface area contributed by atoms with E-state index in [-0.39, 0.29) is 0 Å². The minimum absolute atomic E-state index is 0.594. The Hall–Kier alpha value is 0.270. The highest BCUT2D eigenvalue weighted by molar-refractivity contribution is 7.99. The van der Waals surface area contributed by atoms with Gasteiger partial charge in [0.25, 0.3) is 0 Å². The van der Waals surface area contributed by atoms with Crippen molar-refractivity contribution in [2.24, 2.45) is 5.41 Å². The molecule has 0 bridgehead atoms. The molecule has 1 aliphatic carbocycles. The quantitative estimate of drug-likeness (QED) is 0.835. The molecule has 0 aromatic heterocycles. The van der Waals surface area contributed by atoms with Crippen molar-refractivity contribution < 1.29 is 0 Å². The first kappa shape index (κ1) is 13.7. The number of likely N-dealkylation sites (N-methyl/N-ethyl adjacent to an activating group) is 1. The van der Waals surface area contributed by atoms with Crippen molar-refractivity contribution >= 4 is 11.8 Å². The first-order chi connectivity index (χ1) is 8.07. The maximum Gasteiger partial charge on any atom is 0.0285 e. The van der Waals surface area contributed by atoms with Crippen LogP contribution in [0.4, 0.5) is 0 Å². The van der Waals surface area contributed by atoms with Gasteiger partial charge in [-0.05, 0) is 38.1 Å². The second-order valence-corrected chi connectivity index (χ2v) is 7.71. The first-order valence-electron chi connectivity index (χ1n) is 7.08. The molecule has 17 heavy (non-hydrogen) atoms. The monoisotopic (exact) mass is 256 g/mol. The Labute approximate surface area is 111 Å². The molecule has 2 nitrogen and oxygen atoms in total. The number of nitrogens with zero attached hydrogens (tertiary/aromatic N) is 1. The van der Waals surface area contributed by atoms with E-state index in [2.05, 4.69) is 42.9 Å². The minimum atomic E-state index is 0.594. The Morgan fingerprint density at radius 3 is 2.59 bits per heavy atom. The van der Waals surface area contributed by atoms with Crippen LogP contribution in [0.1, 0.15) is 39.5 Å².